The third kappa shape index (κ3) is 3.03. The lowest BCUT2D eigenvalue weighted by Gasteiger charge is -2.11. The van der Waals surface area contributed by atoms with Gasteiger partial charge < -0.3 is 18.9 Å². The third-order valence-corrected chi connectivity index (χ3v) is 4.61. The molecule has 144 valence electrons. The molecule has 0 aliphatic heterocycles. The Bertz CT molecular complexity index is 1150. The molecule has 28 heavy (non-hydrogen) atoms. The van der Waals surface area contributed by atoms with Crippen LogP contribution < -0.4 is 4.74 Å². The van der Waals surface area contributed by atoms with Crippen molar-refractivity contribution in [3.05, 3.63) is 53.7 Å². The maximum Gasteiger partial charge on any atom is 0.342 e. The highest BCUT2D eigenvalue weighted by atomic mass is 16.5. The second kappa shape index (κ2) is 7.08. The van der Waals surface area contributed by atoms with Crippen molar-refractivity contribution in [2.45, 2.75) is 33.8 Å². The van der Waals surface area contributed by atoms with Gasteiger partial charge in [0.05, 0.1) is 18.2 Å². The number of hydrogen-bond acceptors (Lipinski definition) is 4. The van der Waals surface area contributed by atoms with Crippen molar-refractivity contribution in [2.75, 3.05) is 6.61 Å². The lowest BCUT2D eigenvalue weighted by atomic mass is 10.0. The summed E-state index contributed by atoms with van der Waals surface area (Å²) in [4.78, 5) is 16.1. The van der Waals surface area contributed by atoms with E-state index in [1.807, 2.05) is 63.4 Å². The van der Waals surface area contributed by atoms with Crippen LogP contribution in [0.2, 0.25) is 0 Å². The smallest absolute Gasteiger partial charge is 0.342 e. The number of aromatic amines is 1. The van der Waals surface area contributed by atoms with E-state index in [9.17, 15) is 4.79 Å². The van der Waals surface area contributed by atoms with E-state index >= 15 is 0 Å². The Kier molecular flexibility index (Phi) is 4.59. The minimum absolute atomic E-state index is 0.00142. The summed E-state index contributed by atoms with van der Waals surface area (Å²) < 4.78 is 17.6. The first-order valence-electron chi connectivity index (χ1n) is 9.47. The quantitative estimate of drug-likeness (QED) is 0.443. The van der Waals surface area contributed by atoms with Crippen LogP contribution in [-0.2, 0) is 4.74 Å². The summed E-state index contributed by atoms with van der Waals surface area (Å²) in [6.45, 7) is 8.05. The van der Waals surface area contributed by atoms with Crippen LogP contribution in [0.5, 0.6) is 5.75 Å². The van der Waals surface area contributed by atoms with E-state index in [0.29, 0.717) is 34.6 Å². The first-order valence-corrected chi connectivity index (χ1v) is 9.47. The van der Waals surface area contributed by atoms with Gasteiger partial charge in [0.15, 0.2) is 0 Å². The summed E-state index contributed by atoms with van der Waals surface area (Å²) in [6.07, 6.45) is 1.84. The molecule has 0 aliphatic carbocycles. The number of nitrogens with one attached hydrogen (secondary N) is 1. The number of rotatable bonds is 5. The Morgan fingerprint density at radius 1 is 1.14 bits per heavy atom. The van der Waals surface area contributed by atoms with Crippen LogP contribution in [-0.4, -0.2) is 23.7 Å². The summed E-state index contributed by atoms with van der Waals surface area (Å²) in [5.74, 6) is 0.796. The predicted molar refractivity (Wildman–Crippen MR) is 110 cm³/mol. The Hall–Kier alpha value is -3.21. The molecule has 2 aromatic heterocycles. The van der Waals surface area contributed by atoms with Crippen LogP contribution in [0.4, 0.5) is 0 Å². The fourth-order valence-corrected chi connectivity index (χ4v) is 3.41. The van der Waals surface area contributed by atoms with Crippen LogP contribution in [0.1, 0.15) is 36.7 Å². The molecule has 0 fully saturated rings. The van der Waals surface area contributed by atoms with E-state index in [1.54, 1.807) is 6.92 Å². The van der Waals surface area contributed by atoms with Gasteiger partial charge in [-0.2, -0.15) is 0 Å². The fourth-order valence-electron chi connectivity index (χ4n) is 3.41. The number of ether oxygens (including phenoxy) is 2. The second-order valence-corrected chi connectivity index (χ2v) is 7.08. The molecule has 5 heteroatoms. The highest BCUT2D eigenvalue weighted by Gasteiger charge is 2.26. The van der Waals surface area contributed by atoms with E-state index in [-0.39, 0.29) is 6.10 Å². The number of carbonyl (C=O) groups is 1. The molecule has 2 heterocycles. The van der Waals surface area contributed by atoms with Crippen molar-refractivity contribution in [1.82, 2.24) is 4.98 Å². The molecule has 0 aliphatic rings. The van der Waals surface area contributed by atoms with E-state index in [4.69, 9.17) is 13.9 Å². The maximum atomic E-state index is 12.9. The van der Waals surface area contributed by atoms with Crippen LogP contribution in [0, 0.1) is 6.92 Å². The van der Waals surface area contributed by atoms with Gasteiger partial charge in [-0.05, 0) is 39.8 Å². The van der Waals surface area contributed by atoms with Gasteiger partial charge in [-0.15, -0.1) is 0 Å². The lowest BCUT2D eigenvalue weighted by molar-refractivity contribution is 0.0529. The molecular weight excluding hydrogens is 354 g/mol. The predicted octanol–water partition coefficient (Wildman–Crippen LogP) is 5.85. The number of benzene rings is 2. The minimum atomic E-state index is -0.401. The molecular formula is C23H23NO4. The fraction of sp³-hybridized carbons (Fsp3) is 0.261. The molecule has 1 N–H and O–H groups in total. The molecule has 0 unspecified atom stereocenters. The lowest BCUT2D eigenvalue weighted by Crippen LogP contribution is -2.07. The molecule has 2 aromatic carbocycles. The average Bonchev–Trinajstić information content (AvgIpc) is 3.27. The summed E-state index contributed by atoms with van der Waals surface area (Å²) in [5.41, 5.74) is 3.89. The number of esters is 1. The van der Waals surface area contributed by atoms with E-state index < -0.39 is 5.97 Å². The topological polar surface area (TPSA) is 64.5 Å². The van der Waals surface area contributed by atoms with Crippen molar-refractivity contribution in [3.8, 4) is 17.1 Å². The minimum Gasteiger partial charge on any atom is -0.489 e. The molecule has 4 aromatic rings. The first kappa shape index (κ1) is 18.2. The Balaban J connectivity index is 2.05. The third-order valence-electron chi connectivity index (χ3n) is 4.61. The van der Waals surface area contributed by atoms with Gasteiger partial charge >= 0.3 is 5.97 Å². The van der Waals surface area contributed by atoms with Gasteiger partial charge in [-0.3, -0.25) is 0 Å². The van der Waals surface area contributed by atoms with E-state index in [2.05, 4.69) is 4.98 Å². The van der Waals surface area contributed by atoms with Crippen LogP contribution in [0.25, 0.3) is 33.2 Å². The van der Waals surface area contributed by atoms with Crippen molar-refractivity contribution in [1.29, 1.82) is 0 Å². The molecule has 5 nitrogen and oxygen atoms in total. The standard InChI is InChI=1S/C23H23NO4/c1-5-26-23(25)19-17-12-18(27-13(2)3)20-16(10-11-24-20)22(17)28-21(19)15-8-6-14(4)7-9-15/h6-13,24H,5H2,1-4H3. The zero-order chi connectivity index (χ0) is 19.8. The average molecular weight is 377 g/mol. The summed E-state index contributed by atoms with van der Waals surface area (Å²) in [7, 11) is 0. The molecule has 0 amide bonds. The van der Waals surface area contributed by atoms with Gasteiger partial charge in [0.25, 0.3) is 0 Å². The van der Waals surface area contributed by atoms with Gasteiger partial charge in [0.2, 0.25) is 0 Å². The van der Waals surface area contributed by atoms with Crippen molar-refractivity contribution in [2.24, 2.45) is 0 Å². The number of H-pyrrole nitrogens is 1. The monoisotopic (exact) mass is 377 g/mol. The molecule has 0 atom stereocenters. The van der Waals surface area contributed by atoms with Gasteiger partial charge in [-0.1, -0.05) is 29.8 Å². The molecule has 0 saturated carbocycles. The highest BCUT2D eigenvalue weighted by Crippen LogP contribution is 2.41. The maximum absolute atomic E-state index is 12.9. The van der Waals surface area contributed by atoms with E-state index in [1.165, 1.54) is 0 Å². The number of furan rings is 1. The van der Waals surface area contributed by atoms with Crippen molar-refractivity contribution in [3.63, 3.8) is 0 Å². The number of carbonyl (C=O) groups excluding carboxylic acids is 1. The van der Waals surface area contributed by atoms with Crippen LogP contribution in [0.15, 0.2) is 47.0 Å². The number of aromatic nitrogens is 1. The largest absolute Gasteiger partial charge is 0.489 e. The Labute approximate surface area is 163 Å². The molecule has 0 saturated heterocycles. The van der Waals surface area contributed by atoms with Crippen molar-refractivity contribution < 1.29 is 18.7 Å². The first-order chi connectivity index (χ1) is 13.5. The van der Waals surface area contributed by atoms with Gasteiger partial charge in [0.1, 0.15) is 22.7 Å². The number of hydrogen-bond donors (Lipinski definition) is 1. The SMILES string of the molecule is CCOC(=O)c1c(-c2ccc(C)cc2)oc2c1cc(OC(C)C)c1[nH]ccc12. The summed E-state index contributed by atoms with van der Waals surface area (Å²) >= 11 is 0. The molecule has 0 spiro atoms. The molecule has 0 bridgehead atoms. The van der Waals surface area contributed by atoms with Gasteiger partial charge in [-0.25, -0.2) is 4.79 Å². The van der Waals surface area contributed by atoms with Crippen LogP contribution in [0.3, 0.4) is 0 Å². The normalized spacial score (nSPS) is 11.5. The Morgan fingerprint density at radius 3 is 2.57 bits per heavy atom. The van der Waals surface area contributed by atoms with E-state index in [0.717, 1.165) is 22.0 Å². The van der Waals surface area contributed by atoms with Gasteiger partial charge in [0, 0.05) is 22.5 Å². The second-order valence-electron chi connectivity index (χ2n) is 7.08. The summed E-state index contributed by atoms with van der Waals surface area (Å²) in [6, 6.07) is 11.7. The zero-order valence-electron chi connectivity index (χ0n) is 16.5. The summed E-state index contributed by atoms with van der Waals surface area (Å²) in [5, 5.41) is 1.56. The molecule has 0 radical (unpaired) electrons. The zero-order valence-corrected chi connectivity index (χ0v) is 16.5. The highest BCUT2D eigenvalue weighted by molar-refractivity contribution is 6.16. The number of fused-ring (bicyclic) bond motifs is 3. The molecule has 4 rings (SSSR count). The number of aryl methyl sites for hydroxylation is 1. The Morgan fingerprint density at radius 2 is 1.89 bits per heavy atom. The van der Waals surface area contributed by atoms with Crippen LogP contribution >= 0.6 is 0 Å². The van der Waals surface area contributed by atoms with Crippen molar-refractivity contribution >= 4 is 27.8 Å².